The smallest absolute Gasteiger partial charge is 0.323 e. The quantitative estimate of drug-likeness (QED) is 0.323. The number of hydrogen-bond acceptors (Lipinski definition) is 9. The van der Waals surface area contributed by atoms with Crippen LogP contribution in [0.15, 0.2) is 30.3 Å². The maximum absolute atomic E-state index is 13.9. The van der Waals surface area contributed by atoms with Crippen molar-refractivity contribution in [3.05, 3.63) is 47.0 Å². The zero-order valence-corrected chi connectivity index (χ0v) is 23.1. The number of phenolic OH excluding ortho intramolecular Hbond substituents is 1. The normalized spacial score (nSPS) is 27.0. The van der Waals surface area contributed by atoms with E-state index >= 15 is 0 Å². The first-order chi connectivity index (χ1) is 19.2. The van der Waals surface area contributed by atoms with Crippen molar-refractivity contribution < 1.29 is 39.0 Å². The number of phenols is 1. The molecule has 0 saturated heterocycles. The number of anilines is 3. The highest BCUT2D eigenvalue weighted by Gasteiger charge is 2.65. The number of aromatic hydroxyl groups is 1. The highest BCUT2D eigenvalue weighted by molar-refractivity contribution is 6.31. The monoisotopic (exact) mass is 561 g/mol. The second-order valence-corrected chi connectivity index (χ2v) is 11.4. The van der Waals surface area contributed by atoms with Crippen LogP contribution in [0.2, 0.25) is 0 Å². The molecular formula is C30H31N3O8. The van der Waals surface area contributed by atoms with Gasteiger partial charge in [0.15, 0.2) is 28.7 Å². The van der Waals surface area contributed by atoms with Crippen molar-refractivity contribution in [2.75, 3.05) is 29.6 Å². The Hall–Kier alpha value is -4.38. The molecule has 0 bridgehead atoms. The third-order valence-corrected chi connectivity index (χ3v) is 8.51. The first kappa shape index (κ1) is 28.2. The fourth-order valence-electron chi connectivity index (χ4n) is 6.64. The maximum atomic E-state index is 13.9. The van der Waals surface area contributed by atoms with Crippen LogP contribution in [-0.2, 0) is 25.6 Å². The lowest BCUT2D eigenvalue weighted by molar-refractivity contribution is -0.175. The van der Waals surface area contributed by atoms with E-state index in [2.05, 4.69) is 10.6 Å². The van der Waals surface area contributed by atoms with Gasteiger partial charge in [0, 0.05) is 37.8 Å². The summed E-state index contributed by atoms with van der Waals surface area (Å²) in [6.07, 6.45) is -0.140. The Balaban J connectivity index is 1.53. The van der Waals surface area contributed by atoms with Crippen LogP contribution in [0.1, 0.15) is 41.3 Å². The Morgan fingerprint density at radius 2 is 1.73 bits per heavy atom. The van der Waals surface area contributed by atoms with E-state index in [0.717, 1.165) is 12.5 Å². The summed E-state index contributed by atoms with van der Waals surface area (Å²) in [5, 5.41) is 27.9. The molecule has 0 aromatic heterocycles. The highest BCUT2D eigenvalue weighted by Crippen LogP contribution is 2.52. The van der Waals surface area contributed by atoms with E-state index in [-0.39, 0.29) is 30.5 Å². The molecule has 5 unspecified atom stereocenters. The number of aryl methyl sites for hydroxylation is 1. The van der Waals surface area contributed by atoms with Crippen molar-refractivity contribution in [3.63, 3.8) is 0 Å². The van der Waals surface area contributed by atoms with E-state index in [9.17, 15) is 39.0 Å². The molecule has 11 nitrogen and oxygen atoms in total. The summed E-state index contributed by atoms with van der Waals surface area (Å²) in [6, 6.07) is 7.94. The second-order valence-electron chi connectivity index (χ2n) is 11.4. The van der Waals surface area contributed by atoms with Crippen LogP contribution >= 0.6 is 0 Å². The third kappa shape index (κ3) is 4.40. The summed E-state index contributed by atoms with van der Waals surface area (Å²) < 4.78 is 0. The summed E-state index contributed by atoms with van der Waals surface area (Å²) in [5.41, 5.74) is -0.482. The number of urea groups is 1. The van der Waals surface area contributed by atoms with Gasteiger partial charge in [-0.05, 0) is 61.9 Å². The highest BCUT2D eigenvalue weighted by atomic mass is 16.3. The molecule has 3 aliphatic rings. The molecule has 4 N–H and O–H groups in total. The number of carbonyl (C=O) groups is 6. The number of carbonyl (C=O) groups excluding carboxylic acids is 6. The zero-order chi connectivity index (χ0) is 30.0. The molecule has 2 saturated carbocycles. The average Bonchev–Trinajstić information content (AvgIpc) is 2.87. The molecule has 5 atom stereocenters. The second kappa shape index (κ2) is 9.91. The van der Waals surface area contributed by atoms with Crippen molar-refractivity contribution in [2.45, 2.75) is 38.7 Å². The number of nitrogens with zero attached hydrogens (tertiary/aromatic N) is 1. The minimum Gasteiger partial charge on any atom is -0.505 e. The lowest BCUT2D eigenvalue weighted by atomic mass is 9.53. The van der Waals surface area contributed by atoms with Gasteiger partial charge in [-0.25, -0.2) is 4.79 Å². The van der Waals surface area contributed by atoms with Gasteiger partial charge in [-0.1, -0.05) is 12.1 Å². The van der Waals surface area contributed by atoms with Gasteiger partial charge in [-0.15, -0.1) is 0 Å². The fourth-order valence-corrected chi connectivity index (χ4v) is 6.64. The van der Waals surface area contributed by atoms with Crippen LogP contribution in [0.5, 0.6) is 5.75 Å². The largest absolute Gasteiger partial charge is 0.505 e. The molecule has 41 heavy (non-hydrogen) atoms. The van der Waals surface area contributed by atoms with Crippen molar-refractivity contribution in [1.29, 1.82) is 0 Å². The van der Waals surface area contributed by atoms with E-state index in [1.54, 1.807) is 37.2 Å². The van der Waals surface area contributed by atoms with Crippen molar-refractivity contribution in [3.8, 4) is 5.75 Å². The first-order valence-electron chi connectivity index (χ1n) is 13.3. The number of benzene rings is 2. The van der Waals surface area contributed by atoms with Crippen LogP contribution in [0.4, 0.5) is 21.9 Å². The number of Topliss-reactive ketones (excluding diaryl/α,β-unsaturated/α-hetero) is 5. The van der Waals surface area contributed by atoms with E-state index in [0.29, 0.717) is 16.9 Å². The zero-order valence-electron chi connectivity index (χ0n) is 23.1. The molecule has 0 heterocycles. The van der Waals surface area contributed by atoms with E-state index in [4.69, 9.17) is 0 Å². The molecule has 3 aliphatic carbocycles. The summed E-state index contributed by atoms with van der Waals surface area (Å²) in [6.45, 7) is 2.91. The standard InChI is InChI=1S/C30H31N3O8/c1-13-6-5-7-17(8-13)31-29(40)32-19-12-20(33(3)4)18-10-15-9-16-11-21(35)22(14(2)34)27(38)30(16,41)28(39)23(15)26(37)24(18)25(19)36/h5-8,12,15-16,22-23,36,41H,9-11H2,1-4H3,(H2,31,32,40). The van der Waals surface area contributed by atoms with Crippen LogP contribution < -0.4 is 15.5 Å². The molecule has 2 aromatic carbocycles. The van der Waals surface area contributed by atoms with Gasteiger partial charge >= 0.3 is 6.03 Å². The van der Waals surface area contributed by atoms with Crippen LogP contribution in [0.25, 0.3) is 0 Å². The Kier molecular flexibility index (Phi) is 6.81. The first-order valence-corrected chi connectivity index (χ1v) is 13.3. The minimum atomic E-state index is -2.65. The Morgan fingerprint density at radius 3 is 2.37 bits per heavy atom. The maximum Gasteiger partial charge on any atom is 0.323 e. The van der Waals surface area contributed by atoms with Crippen molar-refractivity contribution >= 4 is 52.0 Å². The number of rotatable bonds is 4. The van der Waals surface area contributed by atoms with Gasteiger partial charge in [0.2, 0.25) is 0 Å². The van der Waals surface area contributed by atoms with Crippen molar-refractivity contribution in [1.82, 2.24) is 0 Å². The van der Waals surface area contributed by atoms with E-state index < -0.39 is 70.0 Å². The summed E-state index contributed by atoms with van der Waals surface area (Å²) in [7, 11) is 3.45. The van der Waals surface area contributed by atoms with Crippen LogP contribution in [0.3, 0.4) is 0 Å². The summed E-state index contributed by atoms with van der Waals surface area (Å²) in [5.74, 6) is -9.89. The Morgan fingerprint density at radius 1 is 1.02 bits per heavy atom. The number of aliphatic hydroxyl groups is 1. The number of fused-ring (bicyclic) bond motifs is 3. The van der Waals surface area contributed by atoms with Gasteiger partial charge in [0.05, 0.1) is 17.2 Å². The topological polar surface area (TPSA) is 170 Å². The van der Waals surface area contributed by atoms with E-state index in [1.807, 2.05) is 13.0 Å². The van der Waals surface area contributed by atoms with Crippen molar-refractivity contribution in [2.24, 2.45) is 23.7 Å². The number of nitrogens with one attached hydrogen (secondary N) is 2. The molecule has 2 amide bonds. The van der Waals surface area contributed by atoms with Gasteiger partial charge in [-0.3, -0.25) is 24.0 Å². The number of ketones is 5. The van der Waals surface area contributed by atoms with Crippen LogP contribution in [0, 0.1) is 30.6 Å². The third-order valence-electron chi connectivity index (χ3n) is 8.51. The molecule has 214 valence electrons. The molecule has 11 heteroatoms. The predicted octanol–water partition coefficient (Wildman–Crippen LogP) is 2.45. The van der Waals surface area contributed by atoms with E-state index in [1.165, 1.54) is 6.07 Å². The lowest BCUT2D eigenvalue weighted by Gasteiger charge is -2.49. The predicted molar refractivity (Wildman–Crippen MR) is 148 cm³/mol. The van der Waals surface area contributed by atoms with Gasteiger partial charge in [0.1, 0.15) is 17.5 Å². The minimum absolute atomic E-state index is 0.0344. The molecular weight excluding hydrogens is 530 g/mol. The SMILES string of the molecule is CC(=O)C1C(=O)CC2CC3Cc4c(N(C)C)cc(NC(=O)Nc5cccc(C)c5)c(O)c4C(=O)C3C(=O)C2(O)C1=O. The van der Waals surface area contributed by atoms with Gasteiger partial charge in [0.25, 0.3) is 0 Å². The van der Waals surface area contributed by atoms with Crippen LogP contribution in [-0.4, -0.2) is 64.9 Å². The molecule has 2 fully saturated rings. The lowest BCUT2D eigenvalue weighted by Crippen LogP contribution is -2.67. The molecule has 2 aromatic rings. The molecule has 5 rings (SSSR count). The van der Waals surface area contributed by atoms with Gasteiger partial charge < -0.3 is 25.7 Å². The number of amides is 2. The number of hydrogen-bond donors (Lipinski definition) is 4. The molecule has 0 radical (unpaired) electrons. The average molecular weight is 562 g/mol. The Bertz CT molecular complexity index is 1550. The van der Waals surface area contributed by atoms with Gasteiger partial charge in [-0.2, -0.15) is 0 Å². The summed E-state index contributed by atoms with van der Waals surface area (Å²) in [4.78, 5) is 80.1. The molecule has 0 spiro atoms. The Labute approximate surface area is 235 Å². The fraction of sp³-hybridized carbons (Fsp3) is 0.400. The molecule has 0 aliphatic heterocycles. The summed E-state index contributed by atoms with van der Waals surface area (Å²) >= 11 is 0.